The van der Waals surface area contributed by atoms with E-state index in [1.807, 2.05) is 73.8 Å². The van der Waals surface area contributed by atoms with E-state index >= 15 is 0 Å². The van der Waals surface area contributed by atoms with E-state index in [2.05, 4.69) is 5.32 Å². The zero-order valence-electron chi connectivity index (χ0n) is 19.3. The minimum Gasteiger partial charge on any atom is -0.469 e. The Balaban J connectivity index is 1.91. The maximum atomic E-state index is 13.3. The largest absolute Gasteiger partial charge is 0.469 e. The zero-order chi connectivity index (χ0) is 24.5. The van der Waals surface area contributed by atoms with Gasteiger partial charge in [-0.2, -0.15) is 0 Å². The third-order valence-electron chi connectivity index (χ3n) is 6.21. The number of rotatable bonds is 5. The van der Waals surface area contributed by atoms with Crippen LogP contribution in [0.2, 0.25) is 5.02 Å². The van der Waals surface area contributed by atoms with Crippen LogP contribution < -0.4 is 5.32 Å². The van der Waals surface area contributed by atoms with E-state index in [1.165, 1.54) is 25.6 Å². The summed E-state index contributed by atoms with van der Waals surface area (Å²) in [6.45, 7) is 3.74. The summed E-state index contributed by atoms with van der Waals surface area (Å²) in [5, 5.41) is 6.67. The van der Waals surface area contributed by atoms with Crippen LogP contribution in [-0.2, 0) is 24.6 Å². The number of nitrogens with zero attached hydrogens (tertiary/aromatic N) is 1. The summed E-state index contributed by atoms with van der Waals surface area (Å²) in [6.07, 6.45) is 0. The molecule has 6 nitrogen and oxygen atoms in total. The maximum Gasteiger partial charge on any atom is 0.336 e. The van der Waals surface area contributed by atoms with Gasteiger partial charge in [-0.15, -0.1) is 11.3 Å². The Hall–Kier alpha value is -3.16. The third kappa shape index (κ3) is 4.21. The molecule has 1 aromatic heterocycles. The first-order chi connectivity index (χ1) is 16.3. The molecule has 1 N–H and O–H groups in total. The van der Waals surface area contributed by atoms with Crippen LogP contribution in [0.25, 0.3) is 11.3 Å². The van der Waals surface area contributed by atoms with Gasteiger partial charge in [0.15, 0.2) is 0 Å². The molecule has 0 fully saturated rings. The second-order valence-electron chi connectivity index (χ2n) is 8.30. The Labute approximate surface area is 207 Å². The van der Waals surface area contributed by atoms with Crippen LogP contribution in [0.3, 0.4) is 0 Å². The molecule has 2 aromatic carbocycles. The summed E-state index contributed by atoms with van der Waals surface area (Å²) in [6, 6.07) is 16.9. The van der Waals surface area contributed by atoms with Crippen LogP contribution in [-0.4, -0.2) is 31.1 Å². The Morgan fingerprint density at radius 1 is 1.09 bits per heavy atom. The SMILES string of the molecule is COC(=O)C1=C(C)NC(C)(c2nc(-c3cccc(Cl)c3)cs2)C(C(=O)OC)C1c1ccccc1. The van der Waals surface area contributed by atoms with Gasteiger partial charge in [0, 0.05) is 27.6 Å². The van der Waals surface area contributed by atoms with Gasteiger partial charge in [0.25, 0.3) is 0 Å². The molecule has 0 bridgehead atoms. The quantitative estimate of drug-likeness (QED) is 0.483. The van der Waals surface area contributed by atoms with Crippen molar-refractivity contribution in [2.24, 2.45) is 5.92 Å². The van der Waals surface area contributed by atoms with Crippen molar-refractivity contribution >= 4 is 34.9 Å². The van der Waals surface area contributed by atoms with Crippen molar-refractivity contribution in [1.29, 1.82) is 0 Å². The van der Waals surface area contributed by atoms with Gasteiger partial charge in [-0.1, -0.05) is 54.1 Å². The van der Waals surface area contributed by atoms with Gasteiger partial charge < -0.3 is 14.8 Å². The van der Waals surface area contributed by atoms with Gasteiger partial charge in [0.1, 0.15) is 10.5 Å². The minimum atomic E-state index is -0.948. The molecule has 3 atom stereocenters. The number of ether oxygens (including phenoxy) is 2. The molecular formula is C26H25ClN2O4S. The summed E-state index contributed by atoms with van der Waals surface area (Å²) in [5.41, 5.74) is 2.53. The summed E-state index contributed by atoms with van der Waals surface area (Å²) in [4.78, 5) is 31.1. The van der Waals surface area contributed by atoms with Crippen LogP contribution >= 0.6 is 22.9 Å². The summed E-state index contributed by atoms with van der Waals surface area (Å²) in [7, 11) is 2.69. The first-order valence-corrected chi connectivity index (χ1v) is 12.0. The summed E-state index contributed by atoms with van der Waals surface area (Å²) >= 11 is 7.62. The number of methoxy groups -OCH3 is 2. The first-order valence-electron chi connectivity index (χ1n) is 10.7. The zero-order valence-corrected chi connectivity index (χ0v) is 20.9. The van der Waals surface area contributed by atoms with Crippen LogP contribution in [0.15, 0.2) is 71.2 Å². The molecule has 176 valence electrons. The Morgan fingerprint density at radius 2 is 1.82 bits per heavy atom. The van der Waals surface area contributed by atoms with Crippen LogP contribution in [0.1, 0.15) is 30.3 Å². The first kappa shape index (κ1) is 24.0. The molecule has 1 aliphatic heterocycles. The molecule has 0 saturated carbocycles. The highest BCUT2D eigenvalue weighted by Gasteiger charge is 2.54. The summed E-state index contributed by atoms with van der Waals surface area (Å²) < 4.78 is 10.4. The standard InChI is InChI=1S/C26H25ClN2O4S/c1-15-20(23(30)32-3)21(16-9-6-5-7-10-16)22(24(31)33-4)26(2,29-15)25-28-19(14-34-25)17-11-8-12-18(27)13-17/h5-14,21-22,29H,1-4H3. The number of hydrogen-bond donors (Lipinski definition) is 1. The fraction of sp³-hybridized carbons (Fsp3) is 0.269. The number of carbonyl (C=O) groups excluding carboxylic acids is 2. The topological polar surface area (TPSA) is 77.5 Å². The van der Waals surface area contributed by atoms with Gasteiger partial charge >= 0.3 is 11.9 Å². The molecule has 0 amide bonds. The average Bonchev–Trinajstić information content (AvgIpc) is 3.35. The lowest BCUT2D eigenvalue weighted by Gasteiger charge is -2.45. The molecule has 0 aliphatic carbocycles. The number of halogens is 1. The molecule has 2 heterocycles. The summed E-state index contributed by atoms with van der Waals surface area (Å²) in [5.74, 6) is -2.31. The lowest BCUT2D eigenvalue weighted by atomic mass is 9.67. The predicted octanol–water partition coefficient (Wildman–Crippen LogP) is 5.30. The van der Waals surface area contributed by atoms with E-state index in [4.69, 9.17) is 26.1 Å². The molecule has 8 heteroatoms. The van der Waals surface area contributed by atoms with Gasteiger partial charge in [-0.25, -0.2) is 9.78 Å². The number of thiazole rings is 1. The maximum absolute atomic E-state index is 13.3. The van der Waals surface area contributed by atoms with Crippen molar-refractivity contribution < 1.29 is 19.1 Å². The second kappa shape index (κ2) is 9.60. The highest BCUT2D eigenvalue weighted by molar-refractivity contribution is 7.10. The molecule has 0 spiro atoms. The molecule has 1 aliphatic rings. The molecule has 0 saturated heterocycles. The van der Waals surface area contributed by atoms with Crippen molar-refractivity contribution in [3.63, 3.8) is 0 Å². The lowest BCUT2D eigenvalue weighted by Crippen LogP contribution is -2.55. The van der Waals surface area contributed by atoms with Crippen molar-refractivity contribution in [3.05, 3.63) is 86.8 Å². The predicted molar refractivity (Wildman–Crippen MR) is 132 cm³/mol. The highest BCUT2D eigenvalue weighted by atomic mass is 35.5. The minimum absolute atomic E-state index is 0.396. The number of esters is 2. The lowest BCUT2D eigenvalue weighted by molar-refractivity contribution is -0.150. The average molecular weight is 497 g/mol. The fourth-order valence-corrected chi connectivity index (χ4v) is 5.83. The third-order valence-corrected chi connectivity index (χ3v) is 7.52. The van der Waals surface area contributed by atoms with Crippen LogP contribution in [0, 0.1) is 5.92 Å². The second-order valence-corrected chi connectivity index (χ2v) is 9.59. The van der Waals surface area contributed by atoms with Gasteiger partial charge in [-0.05, 0) is 31.5 Å². The molecule has 34 heavy (non-hydrogen) atoms. The van der Waals surface area contributed by atoms with Crippen molar-refractivity contribution in [1.82, 2.24) is 10.3 Å². The number of nitrogens with one attached hydrogen (secondary N) is 1. The van der Waals surface area contributed by atoms with Gasteiger partial charge in [0.05, 0.1) is 31.4 Å². The van der Waals surface area contributed by atoms with Gasteiger partial charge in [-0.3, -0.25) is 4.79 Å². The van der Waals surface area contributed by atoms with Crippen LogP contribution in [0.5, 0.6) is 0 Å². The Bertz CT molecular complexity index is 1260. The molecule has 3 aromatic rings. The van der Waals surface area contributed by atoms with E-state index in [0.29, 0.717) is 21.3 Å². The molecule has 0 radical (unpaired) electrons. The molecule has 3 unspecified atom stereocenters. The van der Waals surface area contributed by atoms with Crippen LogP contribution in [0.4, 0.5) is 0 Å². The van der Waals surface area contributed by atoms with Crippen molar-refractivity contribution in [2.75, 3.05) is 14.2 Å². The van der Waals surface area contributed by atoms with E-state index in [-0.39, 0.29) is 0 Å². The van der Waals surface area contributed by atoms with Gasteiger partial charge in [0.2, 0.25) is 0 Å². The van der Waals surface area contributed by atoms with E-state index in [1.54, 1.807) is 0 Å². The van der Waals surface area contributed by atoms with Crippen molar-refractivity contribution in [3.8, 4) is 11.3 Å². The fourth-order valence-electron chi connectivity index (χ4n) is 4.66. The number of carbonyl (C=O) groups is 2. The number of hydrogen-bond acceptors (Lipinski definition) is 7. The Morgan fingerprint density at radius 3 is 2.47 bits per heavy atom. The van der Waals surface area contributed by atoms with E-state index in [0.717, 1.165) is 16.8 Å². The Kier molecular flexibility index (Phi) is 6.77. The molecular weight excluding hydrogens is 472 g/mol. The monoisotopic (exact) mass is 496 g/mol. The number of allylic oxidation sites excluding steroid dienone is 1. The number of benzene rings is 2. The molecule has 4 rings (SSSR count). The van der Waals surface area contributed by atoms with E-state index in [9.17, 15) is 9.59 Å². The number of aromatic nitrogens is 1. The highest BCUT2D eigenvalue weighted by Crippen LogP contribution is 2.49. The smallest absolute Gasteiger partial charge is 0.336 e. The van der Waals surface area contributed by atoms with Crippen molar-refractivity contribution in [2.45, 2.75) is 25.3 Å². The normalized spacial score (nSPS) is 22.1. The van der Waals surface area contributed by atoms with E-state index < -0.39 is 29.3 Å².